The highest BCUT2D eigenvalue weighted by molar-refractivity contribution is 5.91. The van der Waals surface area contributed by atoms with E-state index in [2.05, 4.69) is 32.6 Å². The smallest absolute Gasteiger partial charge is 0.128 e. The van der Waals surface area contributed by atoms with Crippen molar-refractivity contribution in [3.05, 3.63) is 72.1 Å². The summed E-state index contributed by atoms with van der Waals surface area (Å²) in [6.07, 6.45) is 0.881. The molecule has 0 aliphatic rings. The van der Waals surface area contributed by atoms with Crippen LogP contribution in [0.5, 0.6) is 11.5 Å². The zero-order valence-corrected chi connectivity index (χ0v) is 13.9. The number of fused-ring (bicyclic) bond motifs is 1. The molecule has 0 radical (unpaired) electrons. The molecule has 116 valence electrons. The Balaban J connectivity index is 2.12. The Morgan fingerprint density at radius 3 is 2.43 bits per heavy atom. The van der Waals surface area contributed by atoms with Gasteiger partial charge in [0, 0.05) is 11.1 Å². The minimum Gasteiger partial charge on any atom is -0.457 e. The lowest BCUT2D eigenvalue weighted by Crippen LogP contribution is -1.99. The van der Waals surface area contributed by atoms with Crippen LogP contribution in [0.25, 0.3) is 16.3 Å². The first-order valence-corrected chi connectivity index (χ1v) is 7.92. The minimum absolute atomic E-state index is 0.836. The number of pyridine rings is 1. The Kier molecular flexibility index (Phi) is 4.16. The molecule has 23 heavy (non-hydrogen) atoms. The Labute approximate surface area is 137 Å². The van der Waals surface area contributed by atoms with Gasteiger partial charge in [-0.1, -0.05) is 37.8 Å². The average molecular weight is 303 g/mol. The molecule has 0 fully saturated rings. The predicted molar refractivity (Wildman–Crippen MR) is 97.1 cm³/mol. The van der Waals surface area contributed by atoms with E-state index in [-0.39, 0.29) is 0 Å². The highest BCUT2D eigenvalue weighted by atomic mass is 16.5. The lowest BCUT2D eigenvalue weighted by Gasteiger charge is -2.14. The van der Waals surface area contributed by atoms with Gasteiger partial charge in [-0.2, -0.15) is 0 Å². The summed E-state index contributed by atoms with van der Waals surface area (Å²) in [6, 6.07) is 16.1. The number of hydrogen-bond acceptors (Lipinski definition) is 2. The largest absolute Gasteiger partial charge is 0.457 e. The second-order valence-corrected chi connectivity index (χ2v) is 5.79. The fourth-order valence-corrected chi connectivity index (χ4v) is 2.87. The van der Waals surface area contributed by atoms with Crippen LogP contribution >= 0.6 is 0 Å². The molecule has 3 aromatic rings. The Hall–Kier alpha value is -2.61. The van der Waals surface area contributed by atoms with E-state index < -0.39 is 0 Å². The molecule has 0 aliphatic heterocycles. The first-order valence-electron chi connectivity index (χ1n) is 7.92. The van der Waals surface area contributed by atoms with Crippen LogP contribution in [0.2, 0.25) is 0 Å². The molecular formula is C21H21NO. The lowest BCUT2D eigenvalue weighted by atomic mass is 9.99. The molecule has 0 amide bonds. The Morgan fingerprint density at radius 2 is 1.78 bits per heavy atom. The van der Waals surface area contributed by atoms with Gasteiger partial charge in [-0.25, -0.2) is 0 Å². The summed E-state index contributed by atoms with van der Waals surface area (Å²) in [4.78, 5) is 4.81. The van der Waals surface area contributed by atoms with E-state index in [1.807, 2.05) is 43.3 Å². The van der Waals surface area contributed by atoms with Crippen LogP contribution in [0, 0.1) is 6.92 Å². The van der Waals surface area contributed by atoms with Crippen molar-refractivity contribution in [3.63, 3.8) is 0 Å². The second-order valence-electron chi connectivity index (χ2n) is 5.79. The number of aromatic nitrogens is 1. The van der Waals surface area contributed by atoms with Crippen LogP contribution < -0.4 is 4.74 Å². The monoisotopic (exact) mass is 303 g/mol. The van der Waals surface area contributed by atoms with Gasteiger partial charge in [0.15, 0.2) is 0 Å². The van der Waals surface area contributed by atoms with Crippen LogP contribution in [0.1, 0.15) is 30.8 Å². The maximum Gasteiger partial charge on any atom is 0.128 e. The zero-order valence-electron chi connectivity index (χ0n) is 13.9. The van der Waals surface area contributed by atoms with E-state index >= 15 is 0 Å². The molecule has 0 unspecified atom stereocenters. The van der Waals surface area contributed by atoms with Gasteiger partial charge in [0.05, 0.1) is 5.69 Å². The van der Waals surface area contributed by atoms with Crippen molar-refractivity contribution >= 4 is 16.3 Å². The second kappa shape index (κ2) is 6.25. The van der Waals surface area contributed by atoms with Crippen LogP contribution in [-0.2, 0) is 6.42 Å². The summed E-state index contributed by atoms with van der Waals surface area (Å²) in [5, 5.41) is 2.37. The quantitative estimate of drug-likeness (QED) is 0.596. The van der Waals surface area contributed by atoms with E-state index in [0.717, 1.165) is 40.3 Å². The third kappa shape index (κ3) is 2.98. The van der Waals surface area contributed by atoms with Crippen molar-refractivity contribution in [1.82, 2.24) is 4.98 Å². The van der Waals surface area contributed by atoms with E-state index in [9.17, 15) is 0 Å². The molecule has 3 rings (SSSR count). The topological polar surface area (TPSA) is 22.1 Å². The molecule has 0 bridgehead atoms. The highest BCUT2D eigenvalue weighted by Crippen LogP contribution is 2.31. The van der Waals surface area contributed by atoms with E-state index in [0.29, 0.717) is 0 Å². The van der Waals surface area contributed by atoms with Crippen molar-refractivity contribution in [1.29, 1.82) is 0 Å². The molecule has 0 saturated carbocycles. The van der Waals surface area contributed by atoms with Crippen LogP contribution in [0.15, 0.2) is 55.1 Å². The maximum atomic E-state index is 5.96. The summed E-state index contributed by atoms with van der Waals surface area (Å²) in [5.74, 6) is 1.68. The number of aryl methyl sites for hydroxylation is 2. The van der Waals surface area contributed by atoms with Crippen LogP contribution in [-0.4, -0.2) is 4.98 Å². The molecule has 1 heterocycles. The van der Waals surface area contributed by atoms with Gasteiger partial charge in [-0.05, 0) is 61.1 Å². The lowest BCUT2D eigenvalue weighted by molar-refractivity contribution is 0.483. The minimum atomic E-state index is 0.836. The van der Waals surface area contributed by atoms with Gasteiger partial charge < -0.3 is 4.74 Å². The fraction of sp³-hybridized carbons (Fsp3) is 0.190. The third-order valence-electron chi connectivity index (χ3n) is 4.03. The zero-order chi connectivity index (χ0) is 16.4. The van der Waals surface area contributed by atoms with Crippen molar-refractivity contribution < 1.29 is 4.74 Å². The van der Waals surface area contributed by atoms with Crippen molar-refractivity contribution in [2.45, 2.75) is 27.2 Å². The number of hydrogen-bond donors (Lipinski definition) is 0. The fourth-order valence-electron chi connectivity index (χ4n) is 2.87. The summed E-state index contributed by atoms with van der Waals surface area (Å²) < 4.78 is 5.96. The SMILES string of the molecule is C=C(C)c1nc(CC)c2cc(Oc3ccccc3)ccc2c1C. The molecule has 0 spiro atoms. The van der Waals surface area contributed by atoms with Crippen molar-refractivity contribution in [3.8, 4) is 11.5 Å². The van der Waals surface area contributed by atoms with Gasteiger partial charge in [-0.3, -0.25) is 4.98 Å². The van der Waals surface area contributed by atoms with Gasteiger partial charge in [0.1, 0.15) is 11.5 Å². The molecular weight excluding hydrogens is 282 g/mol. The third-order valence-corrected chi connectivity index (χ3v) is 4.03. The molecule has 0 N–H and O–H groups in total. The molecule has 0 atom stereocenters. The summed E-state index contributed by atoms with van der Waals surface area (Å²) in [6.45, 7) is 10.3. The van der Waals surface area contributed by atoms with Gasteiger partial charge >= 0.3 is 0 Å². The number of allylic oxidation sites excluding steroid dienone is 1. The summed E-state index contributed by atoms with van der Waals surface area (Å²) >= 11 is 0. The normalized spacial score (nSPS) is 10.7. The van der Waals surface area contributed by atoms with E-state index in [1.54, 1.807) is 0 Å². The van der Waals surface area contributed by atoms with Gasteiger partial charge in [-0.15, -0.1) is 0 Å². The average Bonchev–Trinajstić information content (AvgIpc) is 2.56. The van der Waals surface area contributed by atoms with E-state index in [1.165, 1.54) is 10.9 Å². The number of rotatable bonds is 4. The number of benzene rings is 2. The molecule has 0 saturated heterocycles. The van der Waals surface area contributed by atoms with Gasteiger partial charge in [0.2, 0.25) is 0 Å². The number of ether oxygens (including phenoxy) is 1. The number of nitrogens with zero attached hydrogens (tertiary/aromatic N) is 1. The first kappa shape index (κ1) is 15.3. The van der Waals surface area contributed by atoms with Crippen molar-refractivity contribution in [2.24, 2.45) is 0 Å². The molecule has 1 aromatic heterocycles. The van der Waals surface area contributed by atoms with Crippen LogP contribution in [0.3, 0.4) is 0 Å². The standard InChI is InChI=1S/C21H21NO/c1-5-20-19-13-17(23-16-9-7-6-8-10-16)11-12-18(19)15(4)21(22-20)14(2)3/h6-13H,2,5H2,1,3-4H3. The van der Waals surface area contributed by atoms with Crippen molar-refractivity contribution in [2.75, 3.05) is 0 Å². The Morgan fingerprint density at radius 1 is 1.04 bits per heavy atom. The highest BCUT2D eigenvalue weighted by Gasteiger charge is 2.11. The molecule has 2 aromatic carbocycles. The van der Waals surface area contributed by atoms with Crippen LogP contribution in [0.4, 0.5) is 0 Å². The summed E-state index contributed by atoms with van der Waals surface area (Å²) in [7, 11) is 0. The molecule has 0 aliphatic carbocycles. The number of para-hydroxylation sites is 1. The maximum absolute atomic E-state index is 5.96. The first-order chi connectivity index (χ1) is 11.1. The summed E-state index contributed by atoms with van der Waals surface area (Å²) in [5.41, 5.74) is 4.27. The predicted octanol–water partition coefficient (Wildman–Crippen LogP) is 5.93. The van der Waals surface area contributed by atoms with Gasteiger partial charge in [0.25, 0.3) is 0 Å². The molecule has 2 heteroatoms. The molecule has 2 nitrogen and oxygen atoms in total. The Bertz CT molecular complexity index is 866. The van der Waals surface area contributed by atoms with E-state index in [4.69, 9.17) is 9.72 Å².